The Morgan fingerprint density at radius 3 is 2.75 bits per heavy atom. The van der Waals surface area contributed by atoms with Crippen molar-refractivity contribution in [1.29, 1.82) is 0 Å². The van der Waals surface area contributed by atoms with Gasteiger partial charge in [0, 0.05) is 50.1 Å². The van der Waals surface area contributed by atoms with Crippen LogP contribution in [0.4, 0.5) is 11.5 Å². The maximum absolute atomic E-state index is 11.9. The third-order valence-corrected chi connectivity index (χ3v) is 6.09. The summed E-state index contributed by atoms with van der Waals surface area (Å²) in [7, 11) is 3.96. The number of carbonyl (C=O) groups excluding carboxylic acids is 1. The number of nitrogens with zero attached hydrogens (tertiary/aromatic N) is 5. The van der Waals surface area contributed by atoms with Crippen LogP contribution in [0.25, 0.3) is 11.2 Å². The Hall–Kier alpha value is -3.21. The minimum Gasteiger partial charge on any atom is -0.454 e. The molecule has 3 N–H and O–H groups in total. The molecule has 170 valence electrons. The van der Waals surface area contributed by atoms with Gasteiger partial charge in [-0.1, -0.05) is 13.8 Å². The molecule has 1 aliphatic heterocycles. The lowest BCUT2D eigenvalue weighted by molar-refractivity contribution is -0.123. The van der Waals surface area contributed by atoms with Crippen LogP contribution in [0.5, 0.6) is 11.5 Å². The minimum absolute atomic E-state index is 0.0395. The summed E-state index contributed by atoms with van der Waals surface area (Å²) >= 11 is 1.50. The molecular formula is C21H27N7O3S. The van der Waals surface area contributed by atoms with Crippen LogP contribution in [-0.4, -0.2) is 52.9 Å². The summed E-state index contributed by atoms with van der Waals surface area (Å²) in [6.45, 7) is 5.15. The van der Waals surface area contributed by atoms with Gasteiger partial charge in [0.05, 0.1) is 5.69 Å². The number of aryl methyl sites for hydroxylation is 1. The molecule has 3 heterocycles. The maximum Gasteiger partial charge on any atom is 0.231 e. The van der Waals surface area contributed by atoms with Gasteiger partial charge in [0.1, 0.15) is 6.33 Å². The number of imidazole rings is 1. The van der Waals surface area contributed by atoms with Gasteiger partial charge in [0.15, 0.2) is 33.6 Å². The number of hydrogen-bond donors (Lipinski definition) is 2. The summed E-state index contributed by atoms with van der Waals surface area (Å²) in [6.07, 6.45) is 2.17. The largest absolute Gasteiger partial charge is 0.454 e. The van der Waals surface area contributed by atoms with E-state index in [2.05, 4.69) is 15.3 Å². The Balaban J connectivity index is 1.65. The molecule has 4 rings (SSSR count). The monoisotopic (exact) mass is 457 g/mol. The highest BCUT2D eigenvalue weighted by molar-refractivity contribution is 7.99. The van der Waals surface area contributed by atoms with Crippen molar-refractivity contribution in [3.05, 3.63) is 18.5 Å². The Morgan fingerprint density at radius 1 is 1.28 bits per heavy atom. The Bertz CT molecular complexity index is 1150. The predicted octanol–water partition coefficient (Wildman–Crippen LogP) is 2.52. The molecule has 0 radical (unpaired) electrons. The number of carbonyl (C=O) groups is 1. The van der Waals surface area contributed by atoms with Crippen LogP contribution in [0.15, 0.2) is 28.5 Å². The first-order chi connectivity index (χ1) is 15.3. The highest BCUT2D eigenvalue weighted by Crippen LogP contribution is 2.44. The molecule has 3 aromatic rings. The van der Waals surface area contributed by atoms with E-state index in [0.717, 1.165) is 27.9 Å². The molecule has 1 aromatic carbocycles. The fraction of sp³-hybridized carbons (Fsp3) is 0.429. The summed E-state index contributed by atoms with van der Waals surface area (Å²) in [4.78, 5) is 28.1. The minimum atomic E-state index is -0.0433. The highest BCUT2D eigenvalue weighted by Gasteiger charge is 2.22. The summed E-state index contributed by atoms with van der Waals surface area (Å²) in [6, 6.07) is 3.93. The molecular weight excluding hydrogens is 430 g/mol. The van der Waals surface area contributed by atoms with Crippen LogP contribution in [0.1, 0.15) is 20.3 Å². The Labute approximate surface area is 190 Å². The first kappa shape index (κ1) is 22.0. The lowest BCUT2D eigenvalue weighted by Crippen LogP contribution is -2.29. The van der Waals surface area contributed by atoms with Crippen molar-refractivity contribution in [2.75, 3.05) is 38.1 Å². The molecule has 0 fully saturated rings. The van der Waals surface area contributed by atoms with Crippen LogP contribution in [-0.2, 0) is 11.3 Å². The number of anilines is 2. The first-order valence-electron chi connectivity index (χ1n) is 10.4. The van der Waals surface area contributed by atoms with Gasteiger partial charge in [-0.25, -0.2) is 15.0 Å². The maximum atomic E-state index is 11.9. The molecule has 0 saturated carbocycles. The standard InChI is InChI=1S/C21H27N7O3S/c1-12(2)20(29)23-6-5-7-28-19-17(18(22)24-10-25-19)26-21(28)32-16-9-15-14(30-11-31-15)8-13(16)27(3)4/h8-10,12H,5-7,11H2,1-4H3,(H,23,29)(H2,22,24,25). The van der Waals surface area contributed by atoms with E-state index >= 15 is 0 Å². The van der Waals surface area contributed by atoms with Crippen LogP contribution >= 0.6 is 11.8 Å². The molecule has 10 nitrogen and oxygen atoms in total. The van der Waals surface area contributed by atoms with E-state index in [4.69, 9.17) is 20.2 Å². The van der Waals surface area contributed by atoms with Gasteiger partial charge < -0.3 is 30.0 Å². The number of aromatic nitrogens is 4. The average Bonchev–Trinajstić information content (AvgIpc) is 3.35. The van der Waals surface area contributed by atoms with Crippen molar-refractivity contribution in [3.63, 3.8) is 0 Å². The molecule has 1 aliphatic rings. The molecule has 1 amide bonds. The average molecular weight is 458 g/mol. The molecule has 0 atom stereocenters. The van der Waals surface area contributed by atoms with Crippen molar-refractivity contribution >= 4 is 40.3 Å². The van der Waals surface area contributed by atoms with E-state index in [1.165, 1.54) is 18.1 Å². The second-order valence-corrected chi connectivity index (χ2v) is 8.96. The van der Waals surface area contributed by atoms with E-state index in [0.29, 0.717) is 35.8 Å². The number of amides is 1. The van der Waals surface area contributed by atoms with Gasteiger partial charge in [-0.3, -0.25) is 4.79 Å². The number of benzene rings is 1. The van der Waals surface area contributed by atoms with Gasteiger partial charge >= 0.3 is 0 Å². The molecule has 0 unspecified atom stereocenters. The van der Waals surface area contributed by atoms with E-state index in [1.807, 2.05) is 49.5 Å². The molecule has 0 aliphatic carbocycles. The number of nitrogen functional groups attached to an aromatic ring is 1. The quantitative estimate of drug-likeness (QED) is 0.492. The van der Waals surface area contributed by atoms with Crippen LogP contribution in [0, 0.1) is 5.92 Å². The third-order valence-electron chi connectivity index (χ3n) is 5.04. The van der Waals surface area contributed by atoms with E-state index in [1.54, 1.807) is 0 Å². The Kier molecular flexibility index (Phi) is 6.26. The number of fused-ring (bicyclic) bond motifs is 2. The van der Waals surface area contributed by atoms with Gasteiger partial charge in [-0.2, -0.15) is 0 Å². The van der Waals surface area contributed by atoms with Crippen molar-refractivity contribution in [2.24, 2.45) is 5.92 Å². The zero-order chi connectivity index (χ0) is 22.8. The molecule has 0 saturated heterocycles. The first-order valence-corrected chi connectivity index (χ1v) is 11.2. The van der Waals surface area contributed by atoms with E-state index in [-0.39, 0.29) is 18.6 Å². The smallest absolute Gasteiger partial charge is 0.231 e. The highest BCUT2D eigenvalue weighted by atomic mass is 32.2. The SMILES string of the molecule is CC(C)C(=O)NCCCn1c(Sc2cc3c(cc2N(C)C)OCO3)nc2c(N)ncnc21. The number of nitrogens with one attached hydrogen (secondary N) is 1. The van der Waals surface area contributed by atoms with E-state index < -0.39 is 0 Å². The number of nitrogens with two attached hydrogens (primary N) is 1. The van der Waals surface area contributed by atoms with Crippen molar-refractivity contribution in [3.8, 4) is 11.5 Å². The third kappa shape index (κ3) is 4.38. The van der Waals surface area contributed by atoms with Gasteiger partial charge in [-0.05, 0) is 18.2 Å². The number of rotatable bonds is 8. The predicted molar refractivity (Wildman–Crippen MR) is 123 cm³/mol. The summed E-state index contributed by atoms with van der Waals surface area (Å²) in [5, 5.41) is 3.69. The summed E-state index contributed by atoms with van der Waals surface area (Å²) in [5.41, 5.74) is 8.29. The zero-order valence-electron chi connectivity index (χ0n) is 18.6. The zero-order valence-corrected chi connectivity index (χ0v) is 19.4. The fourth-order valence-electron chi connectivity index (χ4n) is 3.31. The number of ether oxygens (including phenoxy) is 2. The van der Waals surface area contributed by atoms with Crippen LogP contribution in [0.3, 0.4) is 0 Å². The van der Waals surface area contributed by atoms with Crippen molar-refractivity contribution < 1.29 is 14.3 Å². The number of hydrogen-bond acceptors (Lipinski definition) is 9. The molecule has 0 spiro atoms. The molecule has 32 heavy (non-hydrogen) atoms. The van der Waals surface area contributed by atoms with Gasteiger partial charge in [0.25, 0.3) is 0 Å². The second kappa shape index (κ2) is 9.11. The Morgan fingerprint density at radius 2 is 2.03 bits per heavy atom. The molecule has 0 bridgehead atoms. The fourth-order valence-corrected chi connectivity index (χ4v) is 4.44. The topological polar surface area (TPSA) is 120 Å². The lowest BCUT2D eigenvalue weighted by Gasteiger charge is -2.18. The van der Waals surface area contributed by atoms with Gasteiger partial charge in [-0.15, -0.1) is 0 Å². The van der Waals surface area contributed by atoms with Crippen molar-refractivity contribution in [1.82, 2.24) is 24.8 Å². The molecule has 2 aromatic heterocycles. The normalized spacial score (nSPS) is 12.5. The van der Waals surface area contributed by atoms with E-state index in [9.17, 15) is 4.79 Å². The van der Waals surface area contributed by atoms with Gasteiger partial charge in [0.2, 0.25) is 12.7 Å². The van der Waals surface area contributed by atoms with Crippen molar-refractivity contribution in [2.45, 2.75) is 36.9 Å². The van der Waals surface area contributed by atoms with Crippen LogP contribution in [0.2, 0.25) is 0 Å². The lowest BCUT2D eigenvalue weighted by atomic mass is 10.2. The second-order valence-electron chi connectivity index (χ2n) is 7.95. The summed E-state index contributed by atoms with van der Waals surface area (Å²) in [5.74, 6) is 1.76. The van der Waals surface area contributed by atoms with Crippen LogP contribution < -0.4 is 25.4 Å². The summed E-state index contributed by atoms with van der Waals surface area (Å²) < 4.78 is 13.1. The molecule has 11 heteroatoms.